The van der Waals surface area contributed by atoms with Gasteiger partial charge >= 0.3 is 6.18 Å². The van der Waals surface area contributed by atoms with Gasteiger partial charge in [0.15, 0.2) is 29.2 Å². The molecule has 0 aliphatic carbocycles. The molecule has 6 rings (SSSR count). The van der Waals surface area contributed by atoms with E-state index in [1.807, 2.05) is 12.1 Å². The van der Waals surface area contributed by atoms with Gasteiger partial charge in [-0.2, -0.15) is 13.2 Å². The Hall–Kier alpha value is -5.53. The second-order valence-corrected chi connectivity index (χ2v) is 21.0. The fourth-order valence-electron chi connectivity index (χ4n) is 7.86. The lowest BCUT2D eigenvalue weighted by atomic mass is 9.98. The van der Waals surface area contributed by atoms with Crippen LogP contribution in [0.15, 0.2) is 94.7 Å². The molecule has 2 saturated heterocycles. The molecule has 0 saturated carbocycles. The summed E-state index contributed by atoms with van der Waals surface area (Å²) in [6.45, 7) is 3.72. The van der Waals surface area contributed by atoms with Crippen LogP contribution in [0.1, 0.15) is 60.8 Å². The summed E-state index contributed by atoms with van der Waals surface area (Å²) in [5.41, 5.74) is 4.11. The molecular formula is C48H59F3N2O16S2. The summed E-state index contributed by atoms with van der Waals surface area (Å²) in [5, 5.41) is 18.2. The topological polar surface area (TPSA) is 241 Å². The van der Waals surface area contributed by atoms with Crippen molar-refractivity contribution >= 4 is 31.5 Å². The first-order chi connectivity index (χ1) is 33.8. The van der Waals surface area contributed by atoms with Gasteiger partial charge in [-0.25, -0.2) is 27.8 Å². The highest BCUT2D eigenvalue weighted by Gasteiger charge is 2.53. The molecule has 2 amide bonds. The third-order valence-electron chi connectivity index (χ3n) is 11.7. The lowest BCUT2D eigenvalue weighted by Crippen LogP contribution is -2.54. The predicted molar refractivity (Wildman–Crippen MR) is 248 cm³/mol. The molecule has 0 radical (unpaired) electrons. The number of carbonyl (C=O) groups is 2. The summed E-state index contributed by atoms with van der Waals surface area (Å²) in [7, 11) is -5.01. The Morgan fingerprint density at radius 3 is 1.35 bits per heavy atom. The summed E-state index contributed by atoms with van der Waals surface area (Å²) in [6, 6.07) is 20.8. The predicted octanol–water partition coefficient (Wildman–Crippen LogP) is 6.35. The molecule has 0 unspecified atom stereocenters. The van der Waals surface area contributed by atoms with Crippen LogP contribution in [0.4, 0.5) is 13.2 Å². The summed E-state index contributed by atoms with van der Waals surface area (Å²) < 4.78 is 131. The van der Waals surface area contributed by atoms with Gasteiger partial charge in [0, 0.05) is 45.3 Å². The number of rotatable bonds is 22. The molecule has 4 aromatic rings. The highest BCUT2D eigenvalue weighted by molar-refractivity contribution is 7.94. The summed E-state index contributed by atoms with van der Waals surface area (Å²) >= 11 is 0. The van der Waals surface area contributed by atoms with Gasteiger partial charge in [-0.3, -0.25) is 20.0 Å². The van der Waals surface area contributed by atoms with E-state index in [1.54, 1.807) is 45.4 Å². The first-order valence-electron chi connectivity index (χ1n) is 22.4. The molecule has 4 aromatic carbocycles. The molecule has 0 bridgehead atoms. The van der Waals surface area contributed by atoms with Gasteiger partial charge in [0.2, 0.25) is 0 Å². The van der Waals surface area contributed by atoms with E-state index in [0.29, 0.717) is 66.8 Å². The number of aryl methyl sites for hydroxylation is 1. The van der Waals surface area contributed by atoms with Crippen LogP contribution in [0, 0.1) is 6.92 Å². The van der Waals surface area contributed by atoms with Gasteiger partial charge in [-0.15, -0.1) is 0 Å². The standard InChI is InChI=1S/C24H28F3NO7S.C24H31NO9S/c1-17-13-18(15-19(14-17)24(25,26)27)16-34-9-2-10-35-20-3-5-21(6-4-20)36(31,32)23(22(29)28-30)7-11-33-12-8-23;1-30-20-14-18(15-21(16-20)31-2)17-33-10-3-11-34-19-4-6-22(7-5-19)35(28,29)24(23(26)25-27)8-12-32-13-9-24/h3-6,13-15,30H,2,7-12,16H2,1H3,(H,28,29);4-7,14-16,27H,3,8-13,17H2,1-2H3,(H,25,26). The third-order valence-corrected chi connectivity index (χ3v) is 16.8. The summed E-state index contributed by atoms with van der Waals surface area (Å²) in [4.78, 5) is 24.5. The smallest absolute Gasteiger partial charge is 0.416 e. The highest BCUT2D eigenvalue weighted by atomic mass is 32.2. The SMILES string of the molecule is COc1cc(COCCCOc2ccc(S(=O)(=O)C3(C(=O)NO)CCOCC3)cc2)cc(OC)c1.Cc1cc(COCCCOc2ccc(S(=O)(=O)C3(C(=O)NO)CCOCC3)cc2)cc(C(F)(F)F)c1. The maximum absolute atomic E-state index is 13.3. The molecule has 390 valence electrons. The minimum atomic E-state index is -4.42. The van der Waals surface area contributed by atoms with E-state index < -0.39 is 52.7 Å². The zero-order valence-corrected chi connectivity index (χ0v) is 41.1. The zero-order valence-electron chi connectivity index (χ0n) is 39.5. The Labute approximate surface area is 410 Å². The average molecular weight is 1040 g/mol. The third kappa shape index (κ3) is 14.3. The van der Waals surface area contributed by atoms with E-state index in [0.717, 1.165) is 17.7 Å². The molecule has 2 aliphatic rings. The van der Waals surface area contributed by atoms with Crippen LogP contribution in [-0.4, -0.2) is 116 Å². The quantitative estimate of drug-likeness (QED) is 0.0381. The van der Waals surface area contributed by atoms with Crippen LogP contribution < -0.4 is 29.9 Å². The van der Waals surface area contributed by atoms with Crippen molar-refractivity contribution in [2.75, 3.05) is 67.1 Å². The molecule has 2 fully saturated rings. The van der Waals surface area contributed by atoms with E-state index >= 15 is 0 Å². The number of nitrogens with one attached hydrogen (secondary N) is 2. The van der Waals surface area contributed by atoms with Gasteiger partial charge in [0.25, 0.3) is 11.8 Å². The van der Waals surface area contributed by atoms with E-state index in [1.165, 1.54) is 47.4 Å². The van der Waals surface area contributed by atoms with Crippen LogP contribution in [0.5, 0.6) is 23.0 Å². The second-order valence-electron chi connectivity index (χ2n) is 16.5. The van der Waals surface area contributed by atoms with Crippen LogP contribution in [0.25, 0.3) is 0 Å². The van der Waals surface area contributed by atoms with Gasteiger partial charge in [-0.05, 0) is 117 Å². The van der Waals surface area contributed by atoms with Gasteiger partial charge in [0.05, 0.1) is 69.2 Å². The molecule has 0 spiro atoms. The van der Waals surface area contributed by atoms with Crippen molar-refractivity contribution in [3.05, 3.63) is 107 Å². The lowest BCUT2D eigenvalue weighted by Gasteiger charge is -2.34. The monoisotopic (exact) mass is 1040 g/mol. The van der Waals surface area contributed by atoms with Crippen molar-refractivity contribution in [1.29, 1.82) is 0 Å². The molecule has 0 aromatic heterocycles. The zero-order chi connectivity index (χ0) is 51.7. The van der Waals surface area contributed by atoms with Gasteiger partial charge in [0.1, 0.15) is 23.0 Å². The van der Waals surface area contributed by atoms with Crippen molar-refractivity contribution in [3.8, 4) is 23.0 Å². The first-order valence-corrected chi connectivity index (χ1v) is 25.4. The number of hydroxylamine groups is 2. The van der Waals surface area contributed by atoms with Gasteiger partial charge in [-0.1, -0.05) is 11.6 Å². The van der Waals surface area contributed by atoms with E-state index in [9.17, 15) is 39.6 Å². The minimum Gasteiger partial charge on any atom is -0.497 e. The number of carbonyl (C=O) groups excluding carboxylic acids is 2. The number of hydrogen-bond donors (Lipinski definition) is 4. The van der Waals surface area contributed by atoms with Crippen LogP contribution >= 0.6 is 0 Å². The molecule has 23 heteroatoms. The van der Waals surface area contributed by atoms with Crippen molar-refractivity contribution in [1.82, 2.24) is 11.0 Å². The second kappa shape index (κ2) is 25.7. The highest BCUT2D eigenvalue weighted by Crippen LogP contribution is 2.38. The number of sulfone groups is 2. The van der Waals surface area contributed by atoms with Crippen LogP contribution in [0.3, 0.4) is 0 Å². The Morgan fingerprint density at radius 1 is 0.592 bits per heavy atom. The average Bonchev–Trinajstić information content (AvgIpc) is 3.38. The van der Waals surface area contributed by atoms with E-state index in [2.05, 4.69) is 0 Å². The Balaban J connectivity index is 0.000000264. The van der Waals surface area contributed by atoms with Crippen molar-refractivity contribution < 1.29 is 87.9 Å². The minimum absolute atomic E-state index is 0.0209. The fraction of sp³-hybridized carbons (Fsp3) is 0.458. The molecule has 0 atom stereocenters. The number of ether oxygens (including phenoxy) is 8. The number of halogens is 3. The maximum atomic E-state index is 13.3. The number of hydrogen-bond acceptors (Lipinski definition) is 16. The van der Waals surface area contributed by atoms with E-state index in [4.69, 9.17) is 48.3 Å². The number of alkyl halides is 3. The molecule has 2 heterocycles. The molecule has 4 N–H and O–H groups in total. The normalized spacial score (nSPS) is 15.6. The lowest BCUT2D eigenvalue weighted by molar-refractivity contribution is -0.138. The molecule has 2 aliphatic heterocycles. The maximum Gasteiger partial charge on any atom is 0.416 e. The summed E-state index contributed by atoms with van der Waals surface area (Å²) in [5.74, 6) is 0.331. The molecular weight excluding hydrogens is 982 g/mol. The number of amides is 2. The molecule has 71 heavy (non-hydrogen) atoms. The Bertz CT molecular complexity index is 2560. The Morgan fingerprint density at radius 2 is 0.986 bits per heavy atom. The van der Waals surface area contributed by atoms with Crippen molar-refractivity contribution in [2.24, 2.45) is 0 Å². The number of benzene rings is 4. The number of methoxy groups -OCH3 is 2. The van der Waals surface area contributed by atoms with Crippen molar-refractivity contribution in [2.45, 2.75) is 84.1 Å². The van der Waals surface area contributed by atoms with Gasteiger partial charge < -0.3 is 37.9 Å². The Kier molecular flexibility index (Phi) is 20.4. The first kappa shape index (κ1) is 56.4. The van der Waals surface area contributed by atoms with Crippen LogP contribution in [0.2, 0.25) is 0 Å². The summed E-state index contributed by atoms with van der Waals surface area (Å²) in [6.07, 6.45) is -3.58. The molecule has 18 nitrogen and oxygen atoms in total. The fourth-order valence-corrected chi connectivity index (χ4v) is 11.7. The van der Waals surface area contributed by atoms with E-state index in [-0.39, 0.29) is 81.7 Å². The largest absolute Gasteiger partial charge is 0.497 e. The van der Waals surface area contributed by atoms with Crippen LogP contribution in [-0.2, 0) is 67.6 Å². The van der Waals surface area contributed by atoms with Crippen molar-refractivity contribution in [3.63, 3.8) is 0 Å².